The molecule has 0 spiro atoms. The lowest BCUT2D eigenvalue weighted by Gasteiger charge is -2.17. The summed E-state index contributed by atoms with van der Waals surface area (Å²) in [5.41, 5.74) is 1.79. The van der Waals surface area contributed by atoms with Crippen LogP contribution in [0.2, 0.25) is 0 Å². The third-order valence-corrected chi connectivity index (χ3v) is 3.89. The number of nitrogens with zero attached hydrogens (tertiary/aromatic N) is 4. The maximum Gasteiger partial charge on any atom is 0.224 e. The predicted molar refractivity (Wildman–Crippen MR) is 79.2 cm³/mol. The second-order valence-corrected chi connectivity index (χ2v) is 5.62. The van der Waals surface area contributed by atoms with E-state index in [0.717, 1.165) is 24.1 Å². The van der Waals surface area contributed by atoms with Gasteiger partial charge in [0, 0.05) is 12.6 Å². The summed E-state index contributed by atoms with van der Waals surface area (Å²) in [4.78, 5) is 12.1. The number of aliphatic hydroxyl groups excluding tert-OH is 1. The number of tetrazole rings is 1. The molecule has 1 fully saturated rings. The summed E-state index contributed by atoms with van der Waals surface area (Å²) in [6, 6.07) is 7.66. The van der Waals surface area contributed by atoms with Crippen molar-refractivity contribution in [2.24, 2.45) is 5.92 Å². The van der Waals surface area contributed by atoms with Crippen molar-refractivity contribution < 1.29 is 9.90 Å². The Bertz CT molecular complexity index is 607. The molecule has 0 radical (unpaired) electrons. The molecule has 1 amide bonds. The van der Waals surface area contributed by atoms with Crippen molar-refractivity contribution in [2.75, 3.05) is 6.61 Å². The van der Waals surface area contributed by atoms with Gasteiger partial charge in [-0.1, -0.05) is 12.1 Å². The summed E-state index contributed by atoms with van der Waals surface area (Å²) in [6.07, 6.45) is 4.78. The molecular formula is C15H19N5O2. The summed E-state index contributed by atoms with van der Waals surface area (Å²) in [5.74, 6) is 0.541. The number of amides is 1. The predicted octanol–water partition coefficient (Wildman–Crippen LogP) is 0.482. The van der Waals surface area contributed by atoms with E-state index in [9.17, 15) is 4.79 Å². The number of hydrogen-bond acceptors (Lipinski definition) is 5. The van der Waals surface area contributed by atoms with Gasteiger partial charge in [-0.05, 0) is 53.3 Å². The van der Waals surface area contributed by atoms with Gasteiger partial charge < -0.3 is 10.4 Å². The number of carbonyl (C=O) groups excluding carboxylic acids is 1. The molecule has 1 aliphatic carbocycles. The van der Waals surface area contributed by atoms with Crippen LogP contribution in [-0.2, 0) is 11.2 Å². The third-order valence-electron chi connectivity index (χ3n) is 3.89. The number of aliphatic hydroxyl groups is 1. The van der Waals surface area contributed by atoms with Gasteiger partial charge in [0.2, 0.25) is 5.91 Å². The summed E-state index contributed by atoms with van der Waals surface area (Å²) in [7, 11) is 0. The number of hydrogen-bond donors (Lipinski definition) is 2. The first-order chi connectivity index (χ1) is 10.8. The lowest BCUT2D eigenvalue weighted by molar-refractivity contribution is -0.121. The van der Waals surface area contributed by atoms with Gasteiger partial charge >= 0.3 is 0 Å². The maximum absolute atomic E-state index is 12.1. The molecule has 7 heteroatoms. The second-order valence-electron chi connectivity index (χ2n) is 5.62. The van der Waals surface area contributed by atoms with Gasteiger partial charge in [-0.15, -0.1) is 5.10 Å². The average Bonchev–Trinajstić information content (AvgIpc) is 3.22. The van der Waals surface area contributed by atoms with Crippen LogP contribution in [0.3, 0.4) is 0 Å². The lowest BCUT2D eigenvalue weighted by Crippen LogP contribution is -2.38. The first kappa shape index (κ1) is 14.6. The highest BCUT2D eigenvalue weighted by molar-refractivity contribution is 5.79. The Morgan fingerprint density at radius 1 is 1.36 bits per heavy atom. The number of benzene rings is 1. The SMILES string of the molecule is O=C(Cc1ccc(-n2cnnn2)cc1)NC(CCO)C1CC1. The highest BCUT2D eigenvalue weighted by Crippen LogP contribution is 2.33. The van der Waals surface area contributed by atoms with E-state index in [0.29, 0.717) is 18.8 Å². The fraction of sp³-hybridized carbons (Fsp3) is 0.467. The number of carbonyl (C=O) groups is 1. The third kappa shape index (κ3) is 3.67. The van der Waals surface area contributed by atoms with Crippen LogP contribution < -0.4 is 5.32 Å². The van der Waals surface area contributed by atoms with E-state index in [1.807, 2.05) is 24.3 Å². The van der Waals surface area contributed by atoms with Gasteiger partial charge in [-0.2, -0.15) is 0 Å². The molecule has 116 valence electrons. The van der Waals surface area contributed by atoms with Gasteiger partial charge in [-0.3, -0.25) is 4.79 Å². The van der Waals surface area contributed by atoms with E-state index in [1.54, 1.807) is 4.68 Å². The molecule has 1 saturated carbocycles. The summed E-state index contributed by atoms with van der Waals surface area (Å²) in [5, 5.41) is 23.1. The molecule has 1 aliphatic rings. The summed E-state index contributed by atoms with van der Waals surface area (Å²) < 4.78 is 1.56. The molecule has 1 atom stereocenters. The highest BCUT2D eigenvalue weighted by atomic mass is 16.3. The van der Waals surface area contributed by atoms with Crippen molar-refractivity contribution in [1.29, 1.82) is 0 Å². The van der Waals surface area contributed by atoms with Crippen molar-refractivity contribution in [3.63, 3.8) is 0 Å². The lowest BCUT2D eigenvalue weighted by atomic mass is 10.1. The van der Waals surface area contributed by atoms with Gasteiger partial charge in [0.1, 0.15) is 6.33 Å². The molecule has 0 bridgehead atoms. The van der Waals surface area contributed by atoms with Crippen molar-refractivity contribution in [3.8, 4) is 5.69 Å². The normalized spacial score (nSPS) is 15.5. The molecule has 1 aromatic heterocycles. The van der Waals surface area contributed by atoms with E-state index in [1.165, 1.54) is 6.33 Å². The molecular weight excluding hydrogens is 282 g/mol. The Morgan fingerprint density at radius 2 is 2.14 bits per heavy atom. The van der Waals surface area contributed by atoms with E-state index < -0.39 is 0 Å². The van der Waals surface area contributed by atoms with Gasteiger partial charge in [0.05, 0.1) is 12.1 Å². The van der Waals surface area contributed by atoms with Crippen LogP contribution in [0, 0.1) is 5.92 Å². The highest BCUT2D eigenvalue weighted by Gasteiger charge is 2.31. The van der Waals surface area contributed by atoms with Crippen molar-refractivity contribution >= 4 is 5.91 Å². The van der Waals surface area contributed by atoms with Gasteiger partial charge in [0.25, 0.3) is 0 Å². The van der Waals surface area contributed by atoms with Gasteiger partial charge in [0.15, 0.2) is 0 Å². The zero-order valence-corrected chi connectivity index (χ0v) is 12.2. The van der Waals surface area contributed by atoms with Crippen LogP contribution in [0.15, 0.2) is 30.6 Å². The molecule has 2 aromatic rings. The fourth-order valence-corrected chi connectivity index (χ4v) is 2.55. The van der Waals surface area contributed by atoms with E-state index >= 15 is 0 Å². The molecule has 0 aliphatic heterocycles. The molecule has 22 heavy (non-hydrogen) atoms. The molecule has 2 N–H and O–H groups in total. The molecule has 3 rings (SSSR count). The first-order valence-electron chi connectivity index (χ1n) is 7.49. The smallest absolute Gasteiger partial charge is 0.224 e. The van der Waals surface area contributed by atoms with Crippen LogP contribution in [0.25, 0.3) is 5.69 Å². The van der Waals surface area contributed by atoms with Crippen LogP contribution in [0.5, 0.6) is 0 Å². The largest absolute Gasteiger partial charge is 0.396 e. The van der Waals surface area contributed by atoms with Crippen LogP contribution in [0.1, 0.15) is 24.8 Å². The monoisotopic (exact) mass is 301 g/mol. The summed E-state index contributed by atoms with van der Waals surface area (Å²) >= 11 is 0. The zero-order valence-electron chi connectivity index (χ0n) is 12.2. The molecule has 1 unspecified atom stereocenters. The molecule has 1 aromatic carbocycles. The van der Waals surface area contributed by atoms with E-state index in [-0.39, 0.29) is 18.6 Å². The standard InChI is InChI=1S/C15H19N5O2/c21-8-7-14(12-3-4-12)17-15(22)9-11-1-5-13(6-2-11)20-10-16-18-19-20/h1-2,5-6,10,12,14,21H,3-4,7-9H2,(H,17,22). The van der Waals surface area contributed by atoms with Crippen molar-refractivity contribution in [3.05, 3.63) is 36.2 Å². The zero-order chi connectivity index (χ0) is 15.4. The van der Waals surface area contributed by atoms with Crippen LogP contribution >= 0.6 is 0 Å². The van der Waals surface area contributed by atoms with Crippen molar-refractivity contribution in [1.82, 2.24) is 25.5 Å². The maximum atomic E-state index is 12.1. The number of rotatable bonds is 7. The Hall–Kier alpha value is -2.28. The second kappa shape index (κ2) is 6.65. The summed E-state index contributed by atoms with van der Waals surface area (Å²) in [6.45, 7) is 0.113. The molecule has 1 heterocycles. The minimum atomic E-state index is 0.000484. The topological polar surface area (TPSA) is 92.9 Å². The minimum Gasteiger partial charge on any atom is -0.396 e. The first-order valence-corrected chi connectivity index (χ1v) is 7.49. The van der Waals surface area contributed by atoms with E-state index in [2.05, 4.69) is 20.8 Å². The van der Waals surface area contributed by atoms with Crippen molar-refractivity contribution in [2.45, 2.75) is 31.7 Å². The van der Waals surface area contributed by atoms with Crippen LogP contribution in [-0.4, -0.2) is 43.9 Å². The minimum absolute atomic E-state index is 0.000484. The Morgan fingerprint density at radius 3 is 2.73 bits per heavy atom. The Kier molecular flexibility index (Phi) is 4.43. The molecule has 7 nitrogen and oxygen atoms in total. The van der Waals surface area contributed by atoms with E-state index in [4.69, 9.17) is 5.11 Å². The average molecular weight is 301 g/mol. The Balaban J connectivity index is 1.57. The number of nitrogens with one attached hydrogen (secondary N) is 1. The molecule has 0 saturated heterocycles. The Labute approximate surface area is 128 Å². The van der Waals surface area contributed by atoms with Crippen LogP contribution in [0.4, 0.5) is 0 Å². The quantitative estimate of drug-likeness (QED) is 0.776. The van der Waals surface area contributed by atoms with Gasteiger partial charge in [-0.25, -0.2) is 4.68 Å². The number of aromatic nitrogens is 4. The fourth-order valence-electron chi connectivity index (χ4n) is 2.55.